The van der Waals surface area contributed by atoms with E-state index in [0.717, 1.165) is 17.9 Å². The fourth-order valence-electron chi connectivity index (χ4n) is 2.07. The van der Waals surface area contributed by atoms with Gasteiger partial charge in [0, 0.05) is 31.4 Å². The van der Waals surface area contributed by atoms with E-state index in [2.05, 4.69) is 48.3 Å². The fraction of sp³-hybridized carbons (Fsp3) is 0.647. The summed E-state index contributed by atoms with van der Waals surface area (Å²) in [5, 5.41) is 6.73. The Labute approximate surface area is 157 Å². The highest BCUT2D eigenvalue weighted by molar-refractivity contribution is 14.0. The number of rotatable bonds is 6. The molecule has 1 unspecified atom stereocenters. The number of aromatic nitrogens is 1. The van der Waals surface area contributed by atoms with Crippen molar-refractivity contribution in [1.29, 1.82) is 0 Å². The molecule has 0 aliphatic rings. The second-order valence-electron chi connectivity index (χ2n) is 6.74. The Morgan fingerprint density at radius 1 is 1.39 bits per heavy atom. The second kappa shape index (κ2) is 10.7. The first-order chi connectivity index (χ1) is 10.4. The summed E-state index contributed by atoms with van der Waals surface area (Å²) in [4.78, 5) is 8.47. The number of hydrogen-bond acceptors (Lipinski definition) is 3. The van der Waals surface area contributed by atoms with Gasteiger partial charge in [0.25, 0.3) is 0 Å². The van der Waals surface area contributed by atoms with Crippen molar-refractivity contribution in [2.75, 3.05) is 14.2 Å². The van der Waals surface area contributed by atoms with Crippen molar-refractivity contribution in [3.63, 3.8) is 0 Å². The number of hydrogen-bond donors (Lipinski definition) is 2. The third-order valence-electron chi connectivity index (χ3n) is 3.42. The van der Waals surface area contributed by atoms with E-state index >= 15 is 0 Å². The first kappa shape index (κ1) is 21.9. The topological polar surface area (TPSA) is 58.5 Å². The molecule has 2 N–H and O–H groups in total. The minimum atomic E-state index is 0. The zero-order valence-corrected chi connectivity index (χ0v) is 17.5. The van der Waals surface area contributed by atoms with E-state index in [1.165, 1.54) is 6.42 Å². The van der Waals surface area contributed by atoms with Gasteiger partial charge in [0.05, 0.1) is 7.11 Å². The van der Waals surface area contributed by atoms with Crippen molar-refractivity contribution in [1.82, 2.24) is 15.6 Å². The van der Waals surface area contributed by atoms with Gasteiger partial charge in [-0.15, -0.1) is 24.0 Å². The third-order valence-corrected chi connectivity index (χ3v) is 3.42. The van der Waals surface area contributed by atoms with Crippen LogP contribution in [0.15, 0.2) is 23.3 Å². The van der Waals surface area contributed by atoms with Crippen LogP contribution in [0, 0.1) is 5.41 Å². The van der Waals surface area contributed by atoms with Gasteiger partial charge in [-0.25, -0.2) is 4.98 Å². The van der Waals surface area contributed by atoms with Gasteiger partial charge in [-0.3, -0.25) is 4.99 Å². The molecule has 0 aliphatic heterocycles. The highest BCUT2D eigenvalue weighted by atomic mass is 127. The summed E-state index contributed by atoms with van der Waals surface area (Å²) in [6.07, 6.45) is 4.01. The third kappa shape index (κ3) is 8.98. The molecule has 1 rings (SSSR count). The minimum absolute atomic E-state index is 0. The van der Waals surface area contributed by atoms with Crippen LogP contribution in [0.4, 0.5) is 0 Å². The van der Waals surface area contributed by atoms with Crippen LogP contribution in [0.1, 0.15) is 46.1 Å². The molecule has 1 heterocycles. The number of aliphatic imine (C=N–C) groups is 1. The molecular weight excluding hydrogens is 403 g/mol. The molecule has 0 saturated carbocycles. The maximum atomic E-state index is 5.26. The molecule has 1 aromatic heterocycles. The highest BCUT2D eigenvalue weighted by Crippen LogP contribution is 2.21. The largest absolute Gasteiger partial charge is 0.481 e. The molecule has 0 aliphatic carbocycles. The average Bonchev–Trinajstić information content (AvgIpc) is 2.49. The lowest BCUT2D eigenvalue weighted by molar-refractivity contribution is 0.346. The Morgan fingerprint density at radius 3 is 2.65 bits per heavy atom. The van der Waals surface area contributed by atoms with E-state index in [9.17, 15) is 0 Å². The van der Waals surface area contributed by atoms with Crippen LogP contribution in [0.3, 0.4) is 0 Å². The number of nitrogens with zero attached hydrogens (tertiary/aromatic N) is 2. The van der Waals surface area contributed by atoms with Crippen molar-refractivity contribution in [3.05, 3.63) is 23.9 Å². The lowest BCUT2D eigenvalue weighted by Gasteiger charge is -2.23. The molecule has 6 heteroatoms. The number of methoxy groups -OCH3 is 1. The van der Waals surface area contributed by atoms with Gasteiger partial charge in [0.15, 0.2) is 5.96 Å². The Balaban J connectivity index is 0.00000484. The van der Waals surface area contributed by atoms with Gasteiger partial charge in [-0.2, -0.15) is 0 Å². The van der Waals surface area contributed by atoms with Gasteiger partial charge in [-0.05, 0) is 31.2 Å². The summed E-state index contributed by atoms with van der Waals surface area (Å²) in [5.74, 6) is 1.44. The van der Waals surface area contributed by atoms with Gasteiger partial charge < -0.3 is 15.4 Å². The van der Waals surface area contributed by atoms with Crippen LogP contribution in [0.25, 0.3) is 0 Å². The zero-order chi connectivity index (χ0) is 16.6. The van der Waals surface area contributed by atoms with Crippen LogP contribution in [0.5, 0.6) is 5.88 Å². The zero-order valence-electron chi connectivity index (χ0n) is 15.1. The molecule has 0 bridgehead atoms. The summed E-state index contributed by atoms with van der Waals surface area (Å²) in [5.41, 5.74) is 1.37. The lowest BCUT2D eigenvalue weighted by Crippen LogP contribution is -2.42. The van der Waals surface area contributed by atoms with Crippen LogP contribution in [-0.2, 0) is 6.54 Å². The van der Waals surface area contributed by atoms with Gasteiger partial charge in [-0.1, -0.05) is 26.8 Å². The molecule has 1 atom stereocenters. The lowest BCUT2D eigenvalue weighted by atomic mass is 9.89. The number of guanidine groups is 1. The molecule has 0 amide bonds. The Morgan fingerprint density at radius 2 is 2.09 bits per heavy atom. The summed E-state index contributed by atoms with van der Waals surface area (Å²) in [6.45, 7) is 9.61. The quantitative estimate of drug-likeness (QED) is 0.408. The number of ether oxygens (including phenoxy) is 1. The van der Waals surface area contributed by atoms with Crippen molar-refractivity contribution in [3.8, 4) is 5.88 Å². The highest BCUT2D eigenvalue weighted by Gasteiger charge is 2.13. The summed E-state index contributed by atoms with van der Waals surface area (Å²) in [6, 6.07) is 4.28. The first-order valence-electron chi connectivity index (χ1n) is 7.81. The second-order valence-corrected chi connectivity index (χ2v) is 6.74. The molecule has 0 saturated heterocycles. The predicted octanol–water partition coefficient (Wildman–Crippen LogP) is 3.59. The van der Waals surface area contributed by atoms with Crippen molar-refractivity contribution in [2.45, 2.75) is 53.1 Å². The molecule has 23 heavy (non-hydrogen) atoms. The first-order valence-corrected chi connectivity index (χ1v) is 7.81. The van der Waals surface area contributed by atoms with Crippen LogP contribution < -0.4 is 15.4 Å². The SMILES string of the molecule is CN=C(NCc1cccnc1OC)NC(C)CCC(C)(C)C.I. The van der Waals surface area contributed by atoms with Gasteiger partial charge in [0.2, 0.25) is 5.88 Å². The van der Waals surface area contributed by atoms with E-state index in [1.54, 1.807) is 20.4 Å². The van der Waals surface area contributed by atoms with E-state index in [4.69, 9.17) is 4.74 Å². The average molecular weight is 434 g/mol. The Kier molecular flexibility index (Phi) is 10.2. The van der Waals surface area contributed by atoms with Crippen LogP contribution in [0.2, 0.25) is 0 Å². The van der Waals surface area contributed by atoms with Crippen molar-refractivity contribution < 1.29 is 4.74 Å². The van der Waals surface area contributed by atoms with Gasteiger partial charge >= 0.3 is 0 Å². The summed E-state index contributed by atoms with van der Waals surface area (Å²) >= 11 is 0. The normalized spacial score (nSPS) is 13.0. The number of nitrogens with one attached hydrogen (secondary N) is 2. The fourth-order valence-corrected chi connectivity index (χ4v) is 2.07. The smallest absolute Gasteiger partial charge is 0.218 e. The van der Waals surface area contributed by atoms with E-state index in [0.29, 0.717) is 23.9 Å². The van der Waals surface area contributed by atoms with E-state index in [-0.39, 0.29) is 24.0 Å². The number of halogens is 1. The minimum Gasteiger partial charge on any atom is -0.481 e. The molecular formula is C17H31IN4O. The van der Waals surface area contributed by atoms with Gasteiger partial charge in [0.1, 0.15) is 0 Å². The molecule has 132 valence electrons. The Bertz CT molecular complexity index is 486. The van der Waals surface area contributed by atoms with Crippen molar-refractivity contribution in [2.24, 2.45) is 10.4 Å². The summed E-state index contributed by atoms with van der Waals surface area (Å²) in [7, 11) is 3.42. The maximum Gasteiger partial charge on any atom is 0.218 e. The predicted molar refractivity (Wildman–Crippen MR) is 108 cm³/mol. The Hall–Kier alpha value is -1.05. The maximum absolute atomic E-state index is 5.26. The molecule has 5 nitrogen and oxygen atoms in total. The molecule has 0 fully saturated rings. The van der Waals surface area contributed by atoms with Crippen molar-refractivity contribution >= 4 is 29.9 Å². The molecule has 0 spiro atoms. The van der Waals surface area contributed by atoms with E-state index < -0.39 is 0 Å². The monoisotopic (exact) mass is 434 g/mol. The molecule has 0 aromatic carbocycles. The standard InChI is InChI=1S/C17H30N4O.HI/c1-13(9-10-17(2,3)4)21-16(18-5)20-12-14-8-7-11-19-15(14)22-6;/h7-8,11,13H,9-10,12H2,1-6H3,(H2,18,20,21);1H. The van der Waals surface area contributed by atoms with Crippen LogP contribution in [-0.4, -0.2) is 31.1 Å². The number of pyridine rings is 1. The molecule has 1 aromatic rings. The van der Waals surface area contributed by atoms with Crippen LogP contribution >= 0.6 is 24.0 Å². The summed E-state index contributed by atoms with van der Waals surface area (Å²) < 4.78 is 5.26. The van der Waals surface area contributed by atoms with E-state index in [1.807, 2.05) is 12.1 Å². The molecule has 0 radical (unpaired) electrons.